The number of ether oxygens (including phenoxy) is 2. The van der Waals surface area contributed by atoms with Gasteiger partial charge in [-0.1, -0.05) is 11.6 Å². The second-order valence-corrected chi connectivity index (χ2v) is 6.76. The number of amides is 1. The van der Waals surface area contributed by atoms with Gasteiger partial charge in [0.1, 0.15) is 23.7 Å². The number of nitrogens with one attached hydrogen (secondary N) is 1. The zero-order valence-corrected chi connectivity index (χ0v) is 15.9. The molecule has 2 N–H and O–H groups in total. The van der Waals surface area contributed by atoms with Crippen molar-refractivity contribution in [2.75, 3.05) is 12.4 Å². The molecule has 142 valence electrons. The summed E-state index contributed by atoms with van der Waals surface area (Å²) in [5.74, 6) is -0.265. The van der Waals surface area contributed by atoms with Crippen molar-refractivity contribution in [3.8, 4) is 11.5 Å². The number of halogens is 1. The van der Waals surface area contributed by atoms with Crippen molar-refractivity contribution in [1.82, 2.24) is 0 Å². The normalized spacial score (nSPS) is 12.5. The van der Waals surface area contributed by atoms with Gasteiger partial charge in [0.05, 0.1) is 7.11 Å². The number of hydrogen-bond donors (Lipinski definition) is 2. The molecule has 27 heavy (non-hydrogen) atoms. The van der Waals surface area contributed by atoms with Crippen LogP contribution in [0.3, 0.4) is 0 Å². The van der Waals surface area contributed by atoms with E-state index in [0.717, 1.165) is 5.56 Å². The van der Waals surface area contributed by atoms with Crippen molar-refractivity contribution in [3.05, 3.63) is 51.5 Å². The van der Waals surface area contributed by atoms with Crippen molar-refractivity contribution in [2.45, 2.75) is 32.8 Å². The average molecular weight is 390 g/mol. The molecular weight excluding hydrogens is 370 g/mol. The van der Waals surface area contributed by atoms with Gasteiger partial charge in [-0.15, -0.1) is 0 Å². The Morgan fingerprint density at radius 3 is 2.70 bits per heavy atom. The first kappa shape index (κ1) is 19.0. The van der Waals surface area contributed by atoms with E-state index in [1.165, 1.54) is 7.11 Å². The van der Waals surface area contributed by atoms with Crippen LogP contribution in [0.2, 0.25) is 5.02 Å². The van der Waals surface area contributed by atoms with E-state index in [9.17, 15) is 14.7 Å². The van der Waals surface area contributed by atoms with Gasteiger partial charge in [0.15, 0.2) is 0 Å². The van der Waals surface area contributed by atoms with Gasteiger partial charge in [-0.2, -0.15) is 0 Å². The Morgan fingerprint density at radius 2 is 2.04 bits per heavy atom. The molecule has 1 aliphatic heterocycles. The Labute approximate surface area is 162 Å². The number of carbonyl (C=O) groups excluding carboxylic acids is 2. The van der Waals surface area contributed by atoms with E-state index in [0.29, 0.717) is 40.4 Å². The largest absolute Gasteiger partial charge is 0.507 e. The van der Waals surface area contributed by atoms with Crippen molar-refractivity contribution < 1.29 is 24.2 Å². The van der Waals surface area contributed by atoms with Crippen LogP contribution in [0.4, 0.5) is 5.69 Å². The zero-order valence-electron chi connectivity index (χ0n) is 15.1. The number of fused-ring (bicyclic) bond motifs is 1. The monoisotopic (exact) mass is 389 g/mol. The Balaban J connectivity index is 1.70. The summed E-state index contributed by atoms with van der Waals surface area (Å²) in [6, 6.07) is 6.86. The molecule has 0 radical (unpaired) electrons. The van der Waals surface area contributed by atoms with Crippen LogP contribution in [0.5, 0.6) is 11.5 Å². The molecule has 2 aromatic carbocycles. The number of rotatable bonds is 6. The zero-order chi connectivity index (χ0) is 19.6. The lowest BCUT2D eigenvalue weighted by Gasteiger charge is -2.16. The Hall–Kier alpha value is -2.73. The number of anilines is 1. The number of methoxy groups -OCH3 is 1. The van der Waals surface area contributed by atoms with Crippen LogP contribution >= 0.6 is 11.6 Å². The van der Waals surface area contributed by atoms with Crippen LogP contribution in [-0.4, -0.2) is 24.1 Å². The SMILES string of the molecule is COc1c(C)c2c(c(O)c1CCCC(=O)Nc1ccc(Cl)cc1)C(=O)OC2. The lowest BCUT2D eigenvalue weighted by atomic mass is 9.94. The highest BCUT2D eigenvalue weighted by Gasteiger charge is 2.32. The van der Waals surface area contributed by atoms with Crippen LogP contribution in [-0.2, 0) is 22.6 Å². The number of cyclic esters (lactones) is 1. The first-order chi connectivity index (χ1) is 12.9. The molecule has 6 nitrogen and oxygen atoms in total. The minimum atomic E-state index is -0.532. The van der Waals surface area contributed by atoms with Crippen molar-refractivity contribution in [3.63, 3.8) is 0 Å². The quantitative estimate of drug-likeness (QED) is 0.729. The summed E-state index contributed by atoms with van der Waals surface area (Å²) in [5.41, 5.74) is 2.82. The van der Waals surface area contributed by atoms with Crippen LogP contribution in [0, 0.1) is 6.92 Å². The van der Waals surface area contributed by atoms with Gasteiger partial charge >= 0.3 is 5.97 Å². The Morgan fingerprint density at radius 1 is 1.33 bits per heavy atom. The maximum absolute atomic E-state index is 12.1. The molecule has 0 fully saturated rings. The van der Waals surface area contributed by atoms with Gasteiger partial charge in [-0.25, -0.2) is 4.79 Å². The summed E-state index contributed by atoms with van der Waals surface area (Å²) in [7, 11) is 1.52. The van der Waals surface area contributed by atoms with Gasteiger partial charge in [-0.05, 0) is 49.6 Å². The van der Waals surface area contributed by atoms with E-state index in [-0.39, 0.29) is 30.2 Å². The molecular formula is C20H20ClNO5. The molecule has 1 aliphatic rings. The molecule has 0 unspecified atom stereocenters. The molecule has 2 aromatic rings. The molecule has 7 heteroatoms. The van der Waals surface area contributed by atoms with Gasteiger partial charge < -0.3 is 19.9 Å². The second-order valence-electron chi connectivity index (χ2n) is 6.32. The average Bonchev–Trinajstić information content (AvgIpc) is 3.03. The summed E-state index contributed by atoms with van der Waals surface area (Å²) < 4.78 is 10.5. The number of aromatic hydroxyl groups is 1. The lowest BCUT2D eigenvalue weighted by Crippen LogP contribution is -2.11. The van der Waals surface area contributed by atoms with E-state index in [1.807, 2.05) is 6.92 Å². The summed E-state index contributed by atoms with van der Waals surface area (Å²) in [5, 5.41) is 13.9. The summed E-state index contributed by atoms with van der Waals surface area (Å²) in [6.45, 7) is 1.96. The van der Waals surface area contributed by atoms with E-state index in [4.69, 9.17) is 21.1 Å². The van der Waals surface area contributed by atoms with Crippen LogP contribution < -0.4 is 10.1 Å². The third-order valence-electron chi connectivity index (χ3n) is 4.61. The predicted molar refractivity (Wildman–Crippen MR) is 102 cm³/mol. The summed E-state index contributed by atoms with van der Waals surface area (Å²) in [4.78, 5) is 24.0. The number of carbonyl (C=O) groups is 2. The van der Waals surface area contributed by atoms with E-state index < -0.39 is 5.97 Å². The molecule has 0 aromatic heterocycles. The highest BCUT2D eigenvalue weighted by molar-refractivity contribution is 6.30. The third-order valence-corrected chi connectivity index (χ3v) is 4.86. The molecule has 1 amide bonds. The standard InChI is InChI=1S/C20H20ClNO5/c1-11-15-10-27-20(25)17(15)18(24)14(19(11)26-2)4-3-5-16(23)22-13-8-6-12(21)7-9-13/h6-9,24H,3-5,10H2,1-2H3,(H,22,23). The fraction of sp³-hybridized carbons (Fsp3) is 0.300. The predicted octanol–water partition coefficient (Wildman–Crippen LogP) is 3.99. The second kappa shape index (κ2) is 7.88. The smallest absolute Gasteiger partial charge is 0.342 e. The fourth-order valence-corrected chi connectivity index (χ4v) is 3.38. The maximum Gasteiger partial charge on any atom is 0.342 e. The van der Waals surface area contributed by atoms with E-state index >= 15 is 0 Å². The first-order valence-corrected chi connectivity index (χ1v) is 8.94. The molecule has 0 spiro atoms. The number of hydrogen-bond acceptors (Lipinski definition) is 5. The lowest BCUT2D eigenvalue weighted by molar-refractivity contribution is -0.116. The molecule has 1 heterocycles. The first-order valence-electron chi connectivity index (χ1n) is 8.56. The van der Waals surface area contributed by atoms with Crippen molar-refractivity contribution >= 4 is 29.2 Å². The third kappa shape index (κ3) is 3.85. The van der Waals surface area contributed by atoms with Crippen molar-refractivity contribution in [1.29, 1.82) is 0 Å². The van der Waals surface area contributed by atoms with E-state index in [1.54, 1.807) is 24.3 Å². The van der Waals surface area contributed by atoms with Gasteiger partial charge in [-0.3, -0.25) is 4.79 Å². The summed E-state index contributed by atoms with van der Waals surface area (Å²) in [6.07, 6.45) is 1.13. The minimum absolute atomic E-state index is 0.118. The van der Waals surface area contributed by atoms with Crippen LogP contribution in [0.15, 0.2) is 24.3 Å². The molecule has 0 saturated carbocycles. The minimum Gasteiger partial charge on any atom is -0.507 e. The Kier molecular flexibility index (Phi) is 5.56. The van der Waals surface area contributed by atoms with Gasteiger partial charge in [0, 0.05) is 28.3 Å². The molecule has 0 saturated heterocycles. The van der Waals surface area contributed by atoms with Gasteiger partial charge in [0.25, 0.3) is 0 Å². The maximum atomic E-state index is 12.1. The molecule has 0 bridgehead atoms. The van der Waals surface area contributed by atoms with Crippen LogP contribution in [0.1, 0.15) is 39.9 Å². The number of phenols is 1. The fourth-order valence-electron chi connectivity index (χ4n) is 3.25. The van der Waals surface area contributed by atoms with Crippen molar-refractivity contribution in [2.24, 2.45) is 0 Å². The summed E-state index contributed by atoms with van der Waals surface area (Å²) >= 11 is 5.83. The Bertz CT molecular complexity index is 892. The number of benzene rings is 2. The van der Waals surface area contributed by atoms with E-state index in [2.05, 4.69) is 5.32 Å². The molecule has 0 aliphatic carbocycles. The molecule has 3 rings (SSSR count). The topological polar surface area (TPSA) is 84.9 Å². The van der Waals surface area contributed by atoms with Gasteiger partial charge in [0.2, 0.25) is 5.91 Å². The highest BCUT2D eigenvalue weighted by atomic mass is 35.5. The number of phenolic OH excluding ortho intramolecular Hbond substituents is 1. The number of esters is 1. The van der Waals surface area contributed by atoms with Crippen LogP contribution in [0.25, 0.3) is 0 Å². The highest BCUT2D eigenvalue weighted by Crippen LogP contribution is 2.42. The molecule has 0 atom stereocenters.